The molecule has 0 bridgehead atoms. The maximum absolute atomic E-state index is 13.1. The summed E-state index contributed by atoms with van der Waals surface area (Å²) in [5.41, 5.74) is 0. The maximum atomic E-state index is 13.1. The molecule has 11 heteroatoms. The molecule has 0 fully saturated rings. The van der Waals surface area contributed by atoms with Gasteiger partial charge in [-0.25, -0.2) is 18.0 Å². The summed E-state index contributed by atoms with van der Waals surface area (Å²) in [6.07, 6.45) is -2.89. The van der Waals surface area contributed by atoms with Crippen molar-refractivity contribution in [2.24, 2.45) is 0 Å². The summed E-state index contributed by atoms with van der Waals surface area (Å²) in [4.78, 5) is 11.1. The van der Waals surface area contributed by atoms with E-state index in [0.717, 1.165) is 0 Å². The van der Waals surface area contributed by atoms with Gasteiger partial charge in [0.05, 0.1) is 6.54 Å². The topological polar surface area (TPSA) is 67.8 Å². The number of amides is 1. The molecule has 1 unspecified atom stereocenters. The first-order valence-corrected chi connectivity index (χ1v) is 5.79. The Bertz CT molecular complexity index is 501. The lowest BCUT2D eigenvalue weighted by molar-refractivity contribution is -0.00819. The van der Waals surface area contributed by atoms with Crippen LogP contribution in [0.4, 0.5) is 26.7 Å². The minimum Gasteiger partial charge on any atom is -0.404 e. The number of benzene rings is 1. The SMILES string of the molecule is O=C(NCC(O)O[SiH3])Oc1c(F)c(F)c(F)c(F)c1F. The monoisotopic (exact) mass is 317 g/mol. The van der Waals surface area contributed by atoms with Crippen molar-refractivity contribution in [1.82, 2.24) is 5.32 Å². The van der Waals surface area contributed by atoms with Gasteiger partial charge in [-0.2, -0.15) is 8.78 Å². The molecule has 2 N–H and O–H groups in total. The van der Waals surface area contributed by atoms with E-state index in [2.05, 4.69) is 9.16 Å². The van der Waals surface area contributed by atoms with Gasteiger partial charge in [0.25, 0.3) is 0 Å². The van der Waals surface area contributed by atoms with Gasteiger partial charge in [-0.05, 0) is 0 Å². The van der Waals surface area contributed by atoms with E-state index >= 15 is 0 Å². The van der Waals surface area contributed by atoms with Crippen LogP contribution in [0.15, 0.2) is 0 Å². The minimum absolute atomic E-state index is 0.151. The number of hydrogen-bond donors (Lipinski definition) is 2. The maximum Gasteiger partial charge on any atom is 0.412 e. The summed E-state index contributed by atoms with van der Waals surface area (Å²) in [5, 5.41) is 10.7. The highest BCUT2D eigenvalue weighted by atomic mass is 28.2. The Balaban J connectivity index is 2.91. The fraction of sp³-hybridized carbons (Fsp3) is 0.222. The van der Waals surface area contributed by atoms with E-state index in [1.807, 2.05) is 0 Å². The lowest BCUT2D eigenvalue weighted by Crippen LogP contribution is -2.35. The summed E-state index contributed by atoms with van der Waals surface area (Å²) in [5.74, 6) is -13.1. The Kier molecular flexibility index (Phi) is 5.41. The van der Waals surface area contributed by atoms with Crippen molar-refractivity contribution >= 4 is 16.6 Å². The van der Waals surface area contributed by atoms with E-state index < -0.39 is 53.8 Å². The van der Waals surface area contributed by atoms with E-state index in [4.69, 9.17) is 5.11 Å². The van der Waals surface area contributed by atoms with E-state index in [1.165, 1.54) is 0 Å². The zero-order valence-corrected chi connectivity index (χ0v) is 11.8. The fourth-order valence-corrected chi connectivity index (χ4v) is 1.22. The van der Waals surface area contributed by atoms with Crippen LogP contribution in [0.2, 0.25) is 0 Å². The smallest absolute Gasteiger partial charge is 0.404 e. The predicted octanol–water partition coefficient (Wildman–Crippen LogP) is 0.0859. The average Bonchev–Trinajstić information content (AvgIpc) is 2.44. The lowest BCUT2D eigenvalue weighted by atomic mass is 10.2. The van der Waals surface area contributed by atoms with Crippen LogP contribution in [0.3, 0.4) is 0 Å². The number of halogens is 5. The summed E-state index contributed by atoms with van der Waals surface area (Å²) in [6.45, 7) is -0.488. The molecular weight excluding hydrogens is 309 g/mol. The van der Waals surface area contributed by atoms with Gasteiger partial charge in [0.15, 0.2) is 6.29 Å². The van der Waals surface area contributed by atoms with Gasteiger partial charge >= 0.3 is 6.09 Å². The molecule has 0 saturated heterocycles. The van der Waals surface area contributed by atoms with Crippen molar-refractivity contribution < 1.29 is 41.0 Å². The highest BCUT2D eigenvalue weighted by Crippen LogP contribution is 2.29. The molecule has 0 spiro atoms. The zero-order chi connectivity index (χ0) is 15.4. The molecule has 20 heavy (non-hydrogen) atoms. The number of carbonyl (C=O) groups is 1. The van der Waals surface area contributed by atoms with Crippen LogP contribution in [0.5, 0.6) is 5.75 Å². The molecule has 0 aliphatic rings. The Morgan fingerprint density at radius 2 is 1.55 bits per heavy atom. The Morgan fingerprint density at radius 1 is 1.10 bits per heavy atom. The molecule has 0 aromatic heterocycles. The first kappa shape index (κ1) is 16.3. The molecule has 1 amide bonds. The van der Waals surface area contributed by atoms with Crippen LogP contribution in [0.25, 0.3) is 0 Å². The van der Waals surface area contributed by atoms with Crippen molar-refractivity contribution in [2.75, 3.05) is 6.54 Å². The molecule has 0 saturated carbocycles. The second-order valence-corrected chi connectivity index (χ2v) is 3.83. The number of ether oxygens (including phenoxy) is 1. The Hall–Kier alpha value is -1.72. The third-order valence-corrected chi connectivity index (χ3v) is 2.60. The minimum atomic E-state index is -2.37. The number of rotatable bonds is 4. The van der Waals surface area contributed by atoms with E-state index in [9.17, 15) is 26.7 Å². The average molecular weight is 317 g/mol. The molecule has 0 heterocycles. The first-order chi connectivity index (χ1) is 9.29. The molecule has 1 aromatic carbocycles. The largest absolute Gasteiger partial charge is 0.412 e. The molecule has 0 radical (unpaired) electrons. The molecule has 1 rings (SSSR count). The van der Waals surface area contributed by atoms with Gasteiger partial charge in [0, 0.05) is 0 Å². The van der Waals surface area contributed by atoms with Crippen molar-refractivity contribution in [3.05, 3.63) is 29.1 Å². The first-order valence-electron chi connectivity index (χ1n) is 4.97. The number of carbonyl (C=O) groups excluding carboxylic acids is 1. The van der Waals surface area contributed by atoms with E-state index in [1.54, 1.807) is 5.32 Å². The molecule has 5 nitrogen and oxygen atoms in total. The van der Waals surface area contributed by atoms with Crippen molar-refractivity contribution in [3.63, 3.8) is 0 Å². The van der Waals surface area contributed by atoms with Gasteiger partial charge in [-0.1, -0.05) is 0 Å². The van der Waals surface area contributed by atoms with Gasteiger partial charge in [-0.15, -0.1) is 0 Å². The van der Waals surface area contributed by atoms with Gasteiger partial charge in [0.1, 0.15) is 10.5 Å². The van der Waals surface area contributed by atoms with Crippen LogP contribution < -0.4 is 10.1 Å². The molecule has 0 aliphatic heterocycles. The predicted molar refractivity (Wildman–Crippen MR) is 57.3 cm³/mol. The van der Waals surface area contributed by atoms with E-state index in [0.29, 0.717) is 0 Å². The molecule has 112 valence electrons. The van der Waals surface area contributed by atoms with Crippen LogP contribution >= 0.6 is 0 Å². The number of nitrogens with one attached hydrogen (secondary N) is 1. The van der Waals surface area contributed by atoms with Crippen LogP contribution in [0.1, 0.15) is 0 Å². The van der Waals surface area contributed by atoms with Gasteiger partial charge in [-0.3, -0.25) is 0 Å². The quantitative estimate of drug-likeness (QED) is 0.271. The molecular formula is C9H8F5NO4Si. The highest BCUT2D eigenvalue weighted by Gasteiger charge is 2.28. The second kappa shape index (κ2) is 6.63. The summed E-state index contributed by atoms with van der Waals surface area (Å²) >= 11 is 0. The van der Waals surface area contributed by atoms with Gasteiger partial charge in [0.2, 0.25) is 34.8 Å². The molecule has 1 atom stereocenters. The van der Waals surface area contributed by atoms with Crippen molar-refractivity contribution in [3.8, 4) is 5.75 Å². The molecule has 1 aromatic rings. The third kappa shape index (κ3) is 3.43. The standard InChI is InChI=1S/C9H8F5NO4Si/c10-3-4(11)6(13)8(7(14)5(3)12)18-9(17)15-1-2(16)19-20/h2,16H,1H2,20H3,(H,15,17). The normalized spacial score (nSPS) is 12.3. The lowest BCUT2D eigenvalue weighted by Gasteiger charge is -2.12. The second-order valence-electron chi connectivity index (χ2n) is 3.36. The highest BCUT2D eigenvalue weighted by molar-refractivity contribution is 5.98. The molecule has 0 aliphatic carbocycles. The van der Waals surface area contributed by atoms with E-state index in [-0.39, 0.29) is 10.5 Å². The van der Waals surface area contributed by atoms with Crippen LogP contribution in [-0.2, 0) is 4.43 Å². The number of aliphatic hydroxyl groups excluding tert-OH is 1. The third-order valence-electron chi connectivity index (χ3n) is 2.06. The van der Waals surface area contributed by atoms with Crippen molar-refractivity contribution in [1.29, 1.82) is 0 Å². The number of hydrogen-bond acceptors (Lipinski definition) is 4. The Labute approximate surface area is 111 Å². The van der Waals surface area contributed by atoms with Crippen LogP contribution in [-0.4, -0.2) is 34.5 Å². The summed E-state index contributed by atoms with van der Waals surface area (Å²) in [6, 6.07) is 0. The summed E-state index contributed by atoms with van der Waals surface area (Å²) < 4.78 is 73.0. The Morgan fingerprint density at radius 3 is 2.00 bits per heavy atom. The number of aliphatic hydroxyl groups is 1. The fourth-order valence-electron chi connectivity index (χ4n) is 1.06. The van der Waals surface area contributed by atoms with Crippen LogP contribution in [0, 0.1) is 29.1 Å². The zero-order valence-electron chi connectivity index (χ0n) is 9.85. The van der Waals surface area contributed by atoms with Crippen molar-refractivity contribution in [2.45, 2.75) is 6.29 Å². The summed E-state index contributed by atoms with van der Waals surface area (Å²) in [7, 11) is 0.151. The van der Waals surface area contributed by atoms with Gasteiger partial charge < -0.3 is 19.6 Å².